The van der Waals surface area contributed by atoms with E-state index in [1.165, 1.54) is 0 Å². The average Bonchev–Trinajstić information content (AvgIpc) is 2.79. The van der Waals surface area contributed by atoms with Crippen LogP contribution in [0.3, 0.4) is 0 Å². The molecule has 0 aliphatic heterocycles. The van der Waals surface area contributed by atoms with E-state index in [1.807, 2.05) is 48.7 Å². The fourth-order valence-electron chi connectivity index (χ4n) is 4.82. The third-order valence-electron chi connectivity index (χ3n) is 6.19. The van der Waals surface area contributed by atoms with Crippen LogP contribution >= 0.6 is 0 Å². The van der Waals surface area contributed by atoms with E-state index in [1.54, 1.807) is 6.20 Å². The van der Waals surface area contributed by atoms with Crippen LogP contribution in [0.25, 0.3) is 0 Å². The van der Waals surface area contributed by atoms with E-state index >= 15 is 0 Å². The molecule has 0 bridgehead atoms. The van der Waals surface area contributed by atoms with Gasteiger partial charge < -0.3 is 5.73 Å². The lowest BCUT2D eigenvalue weighted by Gasteiger charge is -2.45. The van der Waals surface area contributed by atoms with Crippen LogP contribution in [0.1, 0.15) is 35.8 Å². The molecule has 140 valence electrons. The Hall–Kier alpha value is -3.88. The maximum Gasteiger partial charge on any atom is 0.191 e. The van der Waals surface area contributed by atoms with Crippen molar-refractivity contribution in [1.29, 1.82) is 15.8 Å². The number of nitrogens with two attached hydrogens (primary N) is 1. The highest BCUT2D eigenvalue weighted by Crippen LogP contribution is 2.57. The average molecular weight is 377 g/mol. The van der Waals surface area contributed by atoms with Gasteiger partial charge in [0.05, 0.1) is 23.4 Å². The molecular formula is C24H19N5. The smallest absolute Gasteiger partial charge is 0.191 e. The highest BCUT2D eigenvalue weighted by molar-refractivity contribution is 5.59. The molecule has 5 nitrogen and oxygen atoms in total. The number of nitriles is 3. The van der Waals surface area contributed by atoms with Crippen LogP contribution < -0.4 is 5.73 Å². The fourth-order valence-corrected chi connectivity index (χ4v) is 4.82. The second-order valence-electron chi connectivity index (χ2n) is 7.54. The maximum absolute atomic E-state index is 10.1. The summed E-state index contributed by atoms with van der Waals surface area (Å²) in [6.45, 7) is 0. The van der Waals surface area contributed by atoms with Crippen LogP contribution in [0.4, 0.5) is 0 Å². The molecule has 0 amide bonds. The first-order valence-electron chi connectivity index (χ1n) is 9.54. The van der Waals surface area contributed by atoms with E-state index in [4.69, 9.17) is 5.73 Å². The predicted octanol–water partition coefficient (Wildman–Crippen LogP) is 4.07. The van der Waals surface area contributed by atoms with Crippen molar-refractivity contribution in [3.05, 3.63) is 88.9 Å². The number of pyridine rings is 1. The molecule has 3 atom stereocenters. The van der Waals surface area contributed by atoms with Gasteiger partial charge in [-0.1, -0.05) is 42.5 Å². The van der Waals surface area contributed by atoms with Gasteiger partial charge in [-0.3, -0.25) is 4.98 Å². The van der Waals surface area contributed by atoms with Gasteiger partial charge in [-0.15, -0.1) is 0 Å². The van der Waals surface area contributed by atoms with Crippen molar-refractivity contribution in [3.63, 3.8) is 0 Å². The van der Waals surface area contributed by atoms with Gasteiger partial charge in [0.2, 0.25) is 0 Å². The fraction of sp³-hybridized carbons (Fsp3) is 0.250. The monoisotopic (exact) mass is 377 g/mol. The molecule has 0 saturated heterocycles. The summed E-state index contributed by atoms with van der Waals surface area (Å²) in [5.74, 6) is -0.392. The first kappa shape index (κ1) is 18.5. The van der Waals surface area contributed by atoms with Crippen molar-refractivity contribution in [2.45, 2.75) is 24.7 Å². The Morgan fingerprint density at radius 3 is 2.34 bits per heavy atom. The summed E-state index contributed by atoms with van der Waals surface area (Å²) in [6, 6.07) is 20.1. The number of aromatic nitrogens is 1. The number of hydrogen-bond acceptors (Lipinski definition) is 5. The van der Waals surface area contributed by atoms with Crippen molar-refractivity contribution in [2.24, 2.45) is 17.1 Å². The quantitative estimate of drug-likeness (QED) is 0.848. The van der Waals surface area contributed by atoms with Crippen molar-refractivity contribution < 1.29 is 0 Å². The van der Waals surface area contributed by atoms with E-state index in [0.717, 1.165) is 29.5 Å². The molecule has 4 rings (SSSR count). The molecule has 2 aliphatic carbocycles. The summed E-state index contributed by atoms with van der Waals surface area (Å²) >= 11 is 0. The minimum atomic E-state index is -1.58. The predicted molar refractivity (Wildman–Crippen MR) is 107 cm³/mol. The molecule has 0 fully saturated rings. The number of nitrogens with zero attached hydrogens (tertiary/aromatic N) is 4. The van der Waals surface area contributed by atoms with Gasteiger partial charge in [-0.2, -0.15) is 15.8 Å². The minimum absolute atomic E-state index is 0.0705. The van der Waals surface area contributed by atoms with Crippen molar-refractivity contribution >= 4 is 0 Å². The van der Waals surface area contributed by atoms with E-state index in [9.17, 15) is 15.8 Å². The summed E-state index contributed by atoms with van der Waals surface area (Å²) in [6.07, 6.45) is 7.16. The Kier molecular flexibility index (Phi) is 4.63. The van der Waals surface area contributed by atoms with Gasteiger partial charge in [-0.05, 0) is 47.4 Å². The minimum Gasteiger partial charge on any atom is -0.399 e. The molecule has 5 heteroatoms. The number of benzene rings is 1. The summed E-state index contributed by atoms with van der Waals surface area (Å²) in [7, 11) is 0. The molecule has 29 heavy (non-hydrogen) atoms. The van der Waals surface area contributed by atoms with Crippen LogP contribution in [0, 0.1) is 45.3 Å². The Balaban J connectivity index is 1.93. The van der Waals surface area contributed by atoms with E-state index in [0.29, 0.717) is 0 Å². The third-order valence-corrected chi connectivity index (χ3v) is 6.19. The van der Waals surface area contributed by atoms with Gasteiger partial charge in [0.25, 0.3) is 0 Å². The van der Waals surface area contributed by atoms with Crippen LogP contribution in [-0.2, 0) is 0 Å². The van der Waals surface area contributed by atoms with Gasteiger partial charge in [-0.25, -0.2) is 0 Å². The molecule has 0 spiro atoms. The molecule has 2 N–H and O–H groups in total. The van der Waals surface area contributed by atoms with Crippen LogP contribution in [-0.4, -0.2) is 4.98 Å². The highest BCUT2D eigenvalue weighted by atomic mass is 14.7. The second-order valence-corrected chi connectivity index (χ2v) is 7.54. The van der Waals surface area contributed by atoms with E-state index in [2.05, 4.69) is 29.3 Å². The van der Waals surface area contributed by atoms with Gasteiger partial charge in [0.1, 0.15) is 6.07 Å². The second kappa shape index (κ2) is 7.27. The van der Waals surface area contributed by atoms with Crippen molar-refractivity contribution in [2.75, 3.05) is 0 Å². The summed E-state index contributed by atoms with van der Waals surface area (Å²) in [5, 5.41) is 30.0. The SMILES string of the molecule is N#CC1=C(N)C(C#N)(C#N)C(c2ccccc2)C2CC(c3cccnc3)CC=C12. The van der Waals surface area contributed by atoms with Crippen molar-refractivity contribution in [1.82, 2.24) is 4.98 Å². The highest BCUT2D eigenvalue weighted by Gasteiger charge is 2.54. The number of allylic oxidation sites excluding steroid dienone is 4. The van der Waals surface area contributed by atoms with E-state index in [-0.39, 0.29) is 23.1 Å². The lowest BCUT2D eigenvalue weighted by molar-refractivity contribution is 0.303. The Morgan fingerprint density at radius 2 is 1.72 bits per heavy atom. The first-order chi connectivity index (χ1) is 14.2. The lowest BCUT2D eigenvalue weighted by atomic mass is 9.55. The normalized spacial score (nSPS) is 25.0. The number of fused-ring (bicyclic) bond motifs is 1. The van der Waals surface area contributed by atoms with Gasteiger partial charge >= 0.3 is 0 Å². The molecule has 2 aromatic rings. The zero-order chi connectivity index (χ0) is 20.4. The molecule has 1 aromatic heterocycles. The van der Waals surface area contributed by atoms with Crippen LogP contribution in [0.5, 0.6) is 0 Å². The van der Waals surface area contributed by atoms with Crippen LogP contribution in [0.15, 0.2) is 77.8 Å². The number of rotatable bonds is 2. The van der Waals surface area contributed by atoms with Crippen LogP contribution in [0.2, 0.25) is 0 Å². The third kappa shape index (κ3) is 2.78. The lowest BCUT2D eigenvalue weighted by Crippen LogP contribution is -2.43. The molecule has 2 aliphatic rings. The molecule has 0 radical (unpaired) electrons. The summed E-state index contributed by atoms with van der Waals surface area (Å²) in [4.78, 5) is 4.24. The van der Waals surface area contributed by atoms with Gasteiger partial charge in [0.15, 0.2) is 5.41 Å². The topological polar surface area (TPSA) is 110 Å². The van der Waals surface area contributed by atoms with Crippen molar-refractivity contribution in [3.8, 4) is 18.2 Å². The molecule has 0 saturated carbocycles. The Bertz CT molecular complexity index is 1100. The zero-order valence-corrected chi connectivity index (χ0v) is 15.8. The number of hydrogen-bond donors (Lipinski definition) is 1. The summed E-state index contributed by atoms with van der Waals surface area (Å²) in [5.41, 5.74) is 7.98. The molecule has 1 aromatic carbocycles. The Labute approximate surface area is 170 Å². The zero-order valence-electron chi connectivity index (χ0n) is 15.8. The molecular weight excluding hydrogens is 358 g/mol. The standard InChI is InChI=1S/C24H19N5/c25-12-21-19-9-8-17(18-7-4-10-29-13-18)11-20(19)22(16-5-2-1-3-6-16)24(14-26,15-27)23(21)28/h1-7,9-10,13,17,20,22H,8,11,28H2. The largest absolute Gasteiger partial charge is 0.399 e. The molecule has 3 unspecified atom stereocenters. The van der Waals surface area contributed by atoms with Gasteiger partial charge in [0, 0.05) is 18.3 Å². The summed E-state index contributed by atoms with van der Waals surface area (Å²) < 4.78 is 0. The maximum atomic E-state index is 10.1. The van der Waals surface area contributed by atoms with E-state index < -0.39 is 11.3 Å². The first-order valence-corrected chi connectivity index (χ1v) is 9.54. The molecule has 1 heterocycles. The Morgan fingerprint density at radius 1 is 1.00 bits per heavy atom.